The molecule has 0 amide bonds. The molecule has 2 rings (SSSR count). The molecule has 1 unspecified atom stereocenters. The highest BCUT2D eigenvalue weighted by Crippen LogP contribution is 2.15. The van der Waals surface area contributed by atoms with Gasteiger partial charge < -0.3 is 19.9 Å². The lowest BCUT2D eigenvalue weighted by molar-refractivity contribution is 0.0790. The van der Waals surface area contributed by atoms with E-state index in [9.17, 15) is 0 Å². The van der Waals surface area contributed by atoms with E-state index >= 15 is 0 Å². The lowest BCUT2D eigenvalue weighted by Gasteiger charge is -2.29. The highest BCUT2D eigenvalue weighted by molar-refractivity contribution is 5.49. The van der Waals surface area contributed by atoms with Crippen LogP contribution in [0.1, 0.15) is 6.92 Å². The third-order valence-corrected chi connectivity index (χ3v) is 3.39. The van der Waals surface area contributed by atoms with Crippen molar-refractivity contribution in [3.63, 3.8) is 0 Å². The van der Waals surface area contributed by atoms with Crippen LogP contribution in [0, 0.1) is 0 Å². The van der Waals surface area contributed by atoms with Crippen LogP contribution < -0.4 is 15.1 Å². The van der Waals surface area contributed by atoms with Gasteiger partial charge in [0.1, 0.15) is 18.0 Å². The molecule has 106 valence electrons. The first-order chi connectivity index (χ1) is 9.20. The number of hydrogen-bond donors (Lipinski definition) is 1. The number of morpholine rings is 1. The molecule has 1 aromatic rings. The molecule has 0 bridgehead atoms. The third kappa shape index (κ3) is 3.78. The van der Waals surface area contributed by atoms with Crippen molar-refractivity contribution in [2.75, 3.05) is 56.7 Å². The topological polar surface area (TPSA) is 53.5 Å². The normalized spacial score (nSPS) is 19.2. The zero-order valence-corrected chi connectivity index (χ0v) is 12.0. The van der Waals surface area contributed by atoms with Crippen molar-refractivity contribution in [1.29, 1.82) is 0 Å². The minimum atomic E-state index is 0.362. The molecule has 1 atom stereocenters. The lowest BCUT2D eigenvalue weighted by Crippen LogP contribution is -2.47. The molecule has 1 aromatic heterocycles. The molecule has 0 spiro atoms. The SMILES string of the molecule is CCN(C)c1cc(N(C)CC2COCCN2)ncn1. The molecule has 1 aliphatic rings. The molecule has 0 saturated carbocycles. The van der Waals surface area contributed by atoms with Crippen LogP contribution in [0.15, 0.2) is 12.4 Å². The predicted molar refractivity (Wildman–Crippen MR) is 76.9 cm³/mol. The Kier molecular flexibility index (Phi) is 4.93. The van der Waals surface area contributed by atoms with E-state index in [2.05, 4.69) is 32.0 Å². The van der Waals surface area contributed by atoms with Crippen LogP contribution in [0.2, 0.25) is 0 Å². The molecule has 1 saturated heterocycles. The molecule has 1 N–H and O–H groups in total. The Balaban J connectivity index is 1.99. The summed E-state index contributed by atoms with van der Waals surface area (Å²) in [7, 11) is 4.08. The zero-order chi connectivity index (χ0) is 13.7. The van der Waals surface area contributed by atoms with Gasteiger partial charge in [0.05, 0.1) is 13.2 Å². The first-order valence-corrected chi connectivity index (χ1v) is 6.76. The molecule has 0 radical (unpaired) electrons. The molecule has 1 fully saturated rings. The zero-order valence-electron chi connectivity index (χ0n) is 12.0. The Bertz CT molecular complexity index is 394. The fourth-order valence-corrected chi connectivity index (χ4v) is 2.08. The maximum atomic E-state index is 5.47. The van der Waals surface area contributed by atoms with Gasteiger partial charge >= 0.3 is 0 Å². The van der Waals surface area contributed by atoms with Crippen LogP contribution in [0.4, 0.5) is 11.6 Å². The Morgan fingerprint density at radius 3 is 2.68 bits per heavy atom. The summed E-state index contributed by atoms with van der Waals surface area (Å²) in [5, 5.41) is 3.45. The van der Waals surface area contributed by atoms with Crippen molar-refractivity contribution in [3.8, 4) is 0 Å². The van der Waals surface area contributed by atoms with Gasteiger partial charge in [0.2, 0.25) is 0 Å². The van der Waals surface area contributed by atoms with E-state index in [4.69, 9.17) is 4.74 Å². The number of hydrogen-bond acceptors (Lipinski definition) is 6. The van der Waals surface area contributed by atoms with Gasteiger partial charge in [0, 0.05) is 45.8 Å². The fraction of sp³-hybridized carbons (Fsp3) is 0.692. The van der Waals surface area contributed by atoms with Crippen molar-refractivity contribution in [2.45, 2.75) is 13.0 Å². The summed E-state index contributed by atoms with van der Waals surface area (Å²) in [6.07, 6.45) is 1.62. The quantitative estimate of drug-likeness (QED) is 0.829. The van der Waals surface area contributed by atoms with Crippen molar-refractivity contribution < 1.29 is 4.74 Å². The van der Waals surface area contributed by atoms with Crippen LogP contribution in [0.5, 0.6) is 0 Å². The second kappa shape index (κ2) is 6.68. The van der Waals surface area contributed by atoms with Crippen LogP contribution in [0.3, 0.4) is 0 Å². The van der Waals surface area contributed by atoms with Gasteiger partial charge in [0.25, 0.3) is 0 Å². The van der Waals surface area contributed by atoms with E-state index in [1.165, 1.54) is 0 Å². The van der Waals surface area contributed by atoms with Crippen molar-refractivity contribution in [1.82, 2.24) is 15.3 Å². The maximum Gasteiger partial charge on any atom is 0.133 e. The summed E-state index contributed by atoms with van der Waals surface area (Å²) < 4.78 is 5.47. The smallest absolute Gasteiger partial charge is 0.133 e. The van der Waals surface area contributed by atoms with Gasteiger partial charge in [-0.3, -0.25) is 0 Å². The summed E-state index contributed by atoms with van der Waals surface area (Å²) in [6.45, 7) is 6.40. The minimum Gasteiger partial charge on any atom is -0.378 e. The number of aromatic nitrogens is 2. The number of nitrogens with one attached hydrogen (secondary N) is 1. The molecular weight excluding hydrogens is 242 g/mol. The molecule has 19 heavy (non-hydrogen) atoms. The predicted octanol–water partition coefficient (Wildman–Crippen LogP) is 0.357. The Hall–Kier alpha value is -1.40. The van der Waals surface area contributed by atoms with E-state index in [0.29, 0.717) is 6.04 Å². The first-order valence-electron chi connectivity index (χ1n) is 6.76. The van der Waals surface area contributed by atoms with Gasteiger partial charge in [-0.2, -0.15) is 0 Å². The van der Waals surface area contributed by atoms with Gasteiger partial charge in [-0.1, -0.05) is 0 Å². The third-order valence-electron chi connectivity index (χ3n) is 3.39. The second-order valence-electron chi connectivity index (χ2n) is 4.86. The average molecular weight is 265 g/mol. The van der Waals surface area contributed by atoms with Gasteiger partial charge in [-0.25, -0.2) is 9.97 Å². The highest BCUT2D eigenvalue weighted by Gasteiger charge is 2.16. The molecule has 0 aliphatic carbocycles. The highest BCUT2D eigenvalue weighted by atomic mass is 16.5. The monoisotopic (exact) mass is 265 g/mol. The first kappa shape index (κ1) is 14.0. The number of ether oxygens (including phenoxy) is 1. The van der Waals surface area contributed by atoms with E-state index in [1.807, 2.05) is 20.2 Å². The van der Waals surface area contributed by atoms with Crippen LogP contribution in [-0.4, -0.2) is 63.0 Å². The molecule has 2 heterocycles. The number of nitrogens with zero attached hydrogens (tertiary/aromatic N) is 4. The average Bonchev–Trinajstić information content (AvgIpc) is 2.47. The summed E-state index contributed by atoms with van der Waals surface area (Å²) in [4.78, 5) is 12.9. The van der Waals surface area contributed by atoms with Crippen molar-refractivity contribution >= 4 is 11.6 Å². The summed E-state index contributed by atoms with van der Waals surface area (Å²) in [5.41, 5.74) is 0. The standard InChI is InChI=1S/C13H23N5O/c1-4-17(2)12-7-13(16-10-15-12)18(3)8-11-9-19-6-5-14-11/h7,10-11,14H,4-6,8-9H2,1-3H3. The maximum absolute atomic E-state index is 5.47. The summed E-state index contributed by atoms with van der Waals surface area (Å²) in [6, 6.07) is 2.38. The van der Waals surface area contributed by atoms with E-state index in [-0.39, 0.29) is 0 Å². The van der Waals surface area contributed by atoms with Crippen LogP contribution >= 0.6 is 0 Å². The van der Waals surface area contributed by atoms with E-state index in [1.54, 1.807) is 6.33 Å². The van der Waals surface area contributed by atoms with Crippen molar-refractivity contribution in [2.24, 2.45) is 0 Å². The fourth-order valence-electron chi connectivity index (χ4n) is 2.08. The lowest BCUT2D eigenvalue weighted by atomic mass is 10.2. The van der Waals surface area contributed by atoms with Gasteiger partial charge in [-0.15, -0.1) is 0 Å². The molecular formula is C13H23N5O. The Morgan fingerprint density at radius 2 is 2.05 bits per heavy atom. The molecule has 6 nitrogen and oxygen atoms in total. The van der Waals surface area contributed by atoms with Crippen molar-refractivity contribution in [3.05, 3.63) is 12.4 Å². The van der Waals surface area contributed by atoms with Gasteiger partial charge in [0.15, 0.2) is 0 Å². The van der Waals surface area contributed by atoms with Gasteiger partial charge in [-0.05, 0) is 6.92 Å². The Morgan fingerprint density at radius 1 is 1.32 bits per heavy atom. The summed E-state index contributed by atoms with van der Waals surface area (Å²) >= 11 is 0. The minimum absolute atomic E-state index is 0.362. The van der Waals surface area contributed by atoms with E-state index in [0.717, 1.165) is 44.5 Å². The number of rotatable bonds is 5. The van der Waals surface area contributed by atoms with Crippen LogP contribution in [-0.2, 0) is 4.74 Å². The van der Waals surface area contributed by atoms with Crippen LogP contribution in [0.25, 0.3) is 0 Å². The largest absolute Gasteiger partial charge is 0.378 e. The number of likely N-dealkylation sites (N-methyl/N-ethyl adjacent to an activating group) is 1. The molecule has 6 heteroatoms. The molecule has 0 aromatic carbocycles. The second-order valence-corrected chi connectivity index (χ2v) is 4.86. The summed E-state index contributed by atoms with van der Waals surface area (Å²) in [5.74, 6) is 1.89. The molecule has 1 aliphatic heterocycles. The number of anilines is 2. The van der Waals surface area contributed by atoms with E-state index < -0.39 is 0 Å². The Labute approximate surface area is 114 Å².